The van der Waals surface area contributed by atoms with Crippen LogP contribution in [0.4, 0.5) is 4.79 Å². The molecule has 0 aromatic carbocycles. The first-order valence-corrected chi connectivity index (χ1v) is 6.45. The van der Waals surface area contributed by atoms with E-state index in [9.17, 15) is 9.59 Å². The number of amides is 3. The zero-order valence-corrected chi connectivity index (χ0v) is 11.4. The zero-order valence-electron chi connectivity index (χ0n) is 11.4. The minimum Gasteiger partial charge on any atom is -0.368 e. The van der Waals surface area contributed by atoms with Crippen LogP contribution in [0.3, 0.4) is 0 Å². The number of aryl methyl sites for hydroxylation is 1. The predicted octanol–water partition coefficient (Wildman–Crippen LogP) is 0.687. The first-order chi connectivity index (χ1) is 9.00. The topological polar surface area (TPSA) is 89.2 Å². The lowest BCUT2D eigenvalue weighted by Gasteiger charge is -2.19. The van der Waals surface area contributed by atoms with Crippen LogP contribution in [-0.4, -0.2) is 29.1 Å². The van der Waals surface area contributed by atoms with Gasteiger partial charge in [0.05, 0.1) is 0 Å². The van der Waals surface area contributed by atoms with Gasteiger partial charge in [-0.1, -0.05) is 13.8 Å². The molecule has 4 N–H and O–H groups in total. The number of urea groups is 1. The Hall–Kier alpha value is -1.98. The van der Waals surface area contributed by atoms with Crippen molar-refractivity contribution < 1.29 is 9.59 Å². The molecule has 0 aliphatic rings. The van der Waals surface area contributed by atoms with E-state index in [1.54, 1.807) is 0 Å². The Morgan fingerprint density at radius 3 is 2.42 bits per heavy atom. The van der Waals surface area contributed by atoms with Crippen LogP contribution < -0.4 is 16.4 Å². The number of hydrogen-bond acceptors (Lipinski definition) is 2. The molecule has 1 atom stereocenters. The van der Waals surface area contributed by atoms with Gasteiger partial charge in [0.1, 0.15) is 6.04 Å². The molecule has 6 nitrogen and oxygen atoms in total. The lowest BCUT2D eigenvalue weighted by atomic mass is 10.0. The Kier molecular flexibility index (Phi) is 5.92. The second-order valence-electron chi connectivity index (χ2n) is 4.80. The van der Waals surface area contributed by atoms with Gasteiger partial charge in [0.2, 0.25) is 5.91 Å². The van der Waals surface area contributed by atoms with Crippen molar-refractivity contribution in [2.24, 2.45) is 11.7 Å². The Labute approximate surface area is 113 Å². The summed E-state index contributed by atoms with van der Waals surface area (Å²) in [6.45, 7) is 5.06. The van der Waals surface area contributed by atoms with E-state index in [0.29, 0.717) is 6.54 Å². The van der Waals surface area contributed by atoms with Crippen molar-refractivity contribution in [1.82, 2.24) is 15.2 Å². The summed E-state index contributed by atoms with van der Waals surface area (Å²) in [6, 6.07) is 2.93. The van der Waals surface area contributed by atoms with Crippen molar-refractivity contribution in [3.63, 3.8) is 0 Å². The zero-order chi connectivity index (χ0) is 14.3. The molecule has 19 heavy (non-hydrogen) atoms. The maximum atomic E-state index is 11.6. The van der Waals surface area contributed by atoms with Gasteiger partial charge >= 0.3 is 6.03 Å². The van der Waals surface area contributed by atoms with Gasteiger partial charge in [-0.3, -0.25) is 4.79 Å². The number of carbonyl (C=O) groups excluding carboxylic acids is 2. The van der Waals surface area contributed by atoms with E-state index in [1.165, 1.54) is 0 Å². The fourth-order valence-electron chi connectivity index (χ4n) is 1.74. The second-order valence-corrected chi connectivity index (χ2v) is 4.80. The van der Waals surface area contributed by atoms with Gasteiger partial charge in [-0.2, -0.15) is 0 Å². The molecular formula is C13H22N4O2. The van der Waals surface area contributed by atoms with Crippen LogP contribution in [0.25, 0.3) is 0 Å². The minimum absolute atomic E-state index is 0.0249. The largest absolute Gasteiger partial charge is 0.368 e. The summed E-state index contributed by atoms with van der Waals surface area (Å²) in [4.78, 5) is 22.7. The lowest BCUT2D eigenvalue weighted by Crippen LogP contribution is -2.51. The molecule has 0 aliphatic carbocycles. The van der Waals surface area contributed by atoms with E-state index in [-0.39, 0.29) is 11.9 Å². The van der Waals surface area contributed by atoms with E-state index in [1.807, 2.05) is 42.9 Å². The molecule has 0 radical (unpaired) electrons. The SMILES string of the molecule is CC(C)[C@H](NC(=O)NCCCn1cccc1)C(N)=O. The van der Waals surface area contributed by atoms with Crippen molar-refractivity contribution >= 4 is 11.9 Å². The first kappa shape index (κ1) is 15.1. The van der Waals surface area contributed by atoms with E-state index in [2.05, 4.69) is 10.6 Å². The smallest absolute Gasteiger partial charge is 0.315 e. The summed E-state index contributed by atoms with van der Waals surface area (Å²) in [5.41, 5.74) is 5.22. The molecule has 1 heterocycles. The van der Waals surface area contributed by atoms with Gasteiger partial charge in [0, 0.05) is 25.5 Å². The van der Waals surface area contributed by atoms with Gasteiger partial charge in [-0.25, -0.2) is 4.79 Å². The van der Waals surface area contributed by atoms with Gasteiger partial charge in [0.25, 0.3) is 0 Å². The summed E-state index contributed by atoms with van der Waals surface area (Å²) in [5.74, 6) is -0.541. The summed E-state index contributed by atoms with van der Waals surface area (Å²) in [5, 5.41) is 5.29. The first-order valence-electron chi connectivity index (χ1n) is 6.45. The van der Waals surface area contributed by atoms with Crippen molar-refractivity contribution in [1.29, 1.82) is 0 Å². The molecule has 6 heteroatoms. The predicted molar refractivity (Wildman–Crippen MR) is 73.4 cm³/mol. The van der Waals surface area contributed by atoms with Gasteiger partial charge in [-0.15, -0.1) is 0 Å². The van der Waals surface area contributed by atoms with Crippen LogP contribution in [0.15, 0.2) is 24.5 Å². The number of aromatic nitrogens is 1. The summed E-state index contributed by atoms with van der Waals surface area (Å²) in [7, 11) is 0. The van der Waals surface area contributed by atoms with Crippen molar-refractivity contribution in [2.45, 2.75) is 32.9 Å². The van der Waals surface area contributed by atoms with Crippen LogP contribution in [0.5, 0.6) is 0 Å². The van der Waals surface area contributed by atoms with Crippen LogP contribution >= 0.6 is 0 Å². The Morgan fingerprint density at radius 2 is 1.89 bits per heavy atom. The highest BCUT2D eigenvalue weighted by atomic mass is 16.2. The number of rotatable bonds is 7. The van der Waals surface area contributed by atoms with E-state index in [4.69, 9.17) is 5.73 Å². The molecule has 3 amide bonds. The molecule has 106 valence electrons. The Bertz CT molecular complexity index is 401. The summed E-state index contributed by atoms with van der Waals surface area (Å²) in [6.07, 6.45) is 4.77. The Morgan fingerprint density at radius 1 is 1.26 bits per heavy atom. The van der Waals surface area contributed by atoms with Gasteiger partial charge < -0.3 is 20.9 Å². The van der Waals surface area contributed by atoms with Crippen molar-refractivity contribution in [2.75, 3.05) is 6.54 Å². The fraction of sp³-hybridized carbons (Fsp3) is 0.538. The number of primary amides is 1. The maximum Gasteiger partial charge on any atom is 0.315 e. The maximum absolute atomic E-state index is 11.6. The van der Waals surface area contributed by atoms with Crippen molar-refractivity contribution in [3.8, 4) is 0 Å². The molecule has 1 aromatic rings. The van der Waals surface area contributed by atoms with E-state index in [0.717, 1.165) is 13.0 Å². The molecule has 0 saturated heterocycles. The van der Waals surface area contributed by atoms with E-state index >= 15 is 0 Å². The average molecular weight is 266 g/mol. The Balaban J connectivity index is 2.21. The van der Waals surface area contributed by atoms with Crippen LogP contribution in [-0.2, 0) is 11.3 Å². The standard InChI is InChI=1S/C13H22N4O2/c1-10(2)11(12(14)18)16-13(19)15-6-5-9-17-7-3-4-8-17/h3-4,7-8,10-11H,5-6,9H2,1-2H3,(H2,14,18)(H2,15,16,19)/t11-/m0/s1. The van der Waals surface area contributed by atoms with E-state index < -0.39 is 11.9 Å². The third kappa shape index (κ3) is 5.46. The fourth-order valence-corrected chi connectivity index (χ4v) is 1.74. The average Bonchev–Trinajstić information content (AvgIpc) is 2.84. The van der Waals surface area contributed by atoms with Gasteiger partial charge in [0.15, 0.2) is 0 Å². The van der Waals surface area contributed by atoms with Gasteiger partial charge in [-0.05, 0) is 24.5 Å². The summed E-state index contributed by atoms with van der Waals surface area (Å²) >= 11 is 0. The molecule has 1 aromatic heterocycles. The number of carbonyl (C=O) groups is 2. The molecule has 0 bridgehead atoms. The van der Waals surface area contributed by atoms with Crippen LogP contribution in [0.1, 0.15) is 20.3 Å². The second kappa shape index (κ2) is 7.45. The number of hydrogen-bond donors (Lipinski definition) is 3. The highest BCUT2D eigenvalue weighted by Gasteiger charge is 2.21. The highest BCUT2D eigenvalue weighted by Crippen LogP contribution is 2.00. The highest BCUT2D eigenvalue weighted by molar-refractivity contribution is 5.86. The van der Waals surface area contributed by atoms with Crippen molar-refractivity contribution in [3.05, 3.63) is 24.5 Å². The molecule has 0 spiro atoms. The third-order valence-electron chi connectivity index (χ3n) is 2.80. The molecule has 0 fully saturated rings. The number of nitrogens with one attached hydrogen (secondary N) is 2. The number of nitrogens with zero attached hydrogens (tertiary/aromatic N) is 1. The van der Waals surface area contributed by atoms with Crippen LogP contribution in [0, 0.1) is 5.92 Å². The normalized spacial score (nSPS) is 12.2. The molecule has 0 unspecified atom stereocenters. The summed E-state index contributed by atoms with van der Waals surface area (Å²) < 4.78 is 2.04. The third-order valence-corrected chi connectivity index (χ3v) is 2.80. The van der Waals surface area contributed by atoms with Crippen LogP contribution in [0.2, 0.25) is 0 Å². The quantitative estimate of drug-likeness (QED) is 0.634. The molecule has 0 aliphatic heterocycles. The molecule has 1 rings (SSSR count). The lowest BCUT2D eigenvalue weighted by molar-refractivity contribution is -0.120. The minimum atomic E-state index is -0.635. The monoisotopic (exact) mass is 266 g/mol. The number of nitrogens with two attached hydrogens (primary N) is 1. The molecular weight excluding hydrogens is 244 g/mol. The molecule has 0 saturated carbocycles.